The maximum absolute atomic E-state index is 13.1. The normalized spacial score (nSPS) is 17.3. The van der Waals surface area contributed by atoms with Crippen LogP contribution in [-0.2, 0) is 6.54 Å². The highest BCUT2D eigenvalue weighted by Crippen LogP contribution is 2.18. The Kier molecular flexibility index (Phi) is 7.73. The van der Waals surface area contributed by atoms with Gasteiger partial charge < -0.3 is 10.0 Å². The van der Waals surface area contributed by atoms with Crippen LogP contribution in [0, 0.1) is 17.7 Å². The number of benzene rings is 2. The first-order chi connectivity index (χ1) is 15.1. The van der Waals surface area contributed by atoms with Crippen LogP contribution in [0.5, 0.6) is 0 Å². The van der Waals surface area contributed by atoms with Gasteiger partial charge in [0.1, 0.15) is 11.4 Å². The third kappa shape index (κ3) is 6.93. The standard InChI is InChI=1S/C26H28ClFN2O2/c1-19-17-29(18-20-4-7-23(28)8-5-20)14-15-30(19)13-11-25(31)24-9-6-22(27)16-21(24)10-12-26(2,3)32/h4-9,11,13,16,19,32H,14-15,17-18H2,1-3H3. The number of rotatable bonds is 5. The Morgan fingerprint density at radius 3 is 2.62 bits per heavy atom. The lowest BCUT2D eigenvalue weighted by atomic mass is 10.0. The fourth-order valence-corrected chi connectivity index (χ4v) is 3.74. The van der Waals surface area contributed by atoms with Gasteiger partial charge in [0.15, 0.2) is 5.78 Å². The summed E-state index contributed by atoms with van der Waals surface area (Å²) in [5, 5.41) is 10.4. The van der Waals surface area contributed by atoms with E-state index < -0.39 is 5.60 Å². The van der Waals surface area contributed by atoms with Gasteiger partial charge in [0, 0.05) is 60.6 Å². The number of carbonyl (C=O) groups is 1. The van der Waals surface area contributed by atoms with Crippen LogP contribution in [0.3, 0.4) is 0 Å². The molecule has 1 N–H and O–H groups in total. The lowest BCUT2D eigenvalue weighted by molar-refractivity contribution is 0.102. The number of nitrogens with zero attached hydrogens (tertiary/aromatic N) is 2. The van der Waals surface area contributed by atoms with E-state index in [4.69, 9.17) is 11.6 Å². The molecule has 0 aliphatic carbocycles. The van der Waals surface area contributed by atoms with E-state index in [0.717, 1.165) is 31.7 Å². The molecule has 3 rings (SSSR count). The molecular formula is C26H28ClFN2O2. The van der Waals surface area contributed by atoms with Crippen molar-refractivity contribution < 1.29 is 14.3 Å². The van der Waals surface area contributed by atoms with Crippen molar-refractivity contribution in [2.75, 3.05) is 19.6 Å². The van der Waals surface area contributed by atoms with Crippen LogP contribution in [0.2, 0.25) is 5.02 Å². The van der Waals surface area contributed by atoms with Crippen molar-refractivity contribution in [3.05, 3.63) is 82.3 Å². The second-order valence-corrected chi connectivity index (χ2v) is 9.06. The number of aliphatic hydroxyl groups is 1. The summed E-state index contributed by atoms with van der Waals surface area (Å²) in [5.74, 6) is 5.22. The van der Waals surface area contributed by atoms with Crippen LogP contribution in [0.1, 0.15) is 42.3 Å². The number of allylic oxidation sites excluding steroid dienone is 1. The molecule has 0 amide bonds. The number of hydrogen-bond acceptors (Lipinski definition) is 4. The summed E-state index contributed by atoms with van der Waals surface area (Å²) in [6.07, 6.45) is 3.40. The summed E-state index contributed by atoms with van der Waals surface area (Å²) in [6.45, 7) is 8.55. The van der Waals surface area contributed by atoms with Crippen LogP contribution in [0.15, 0.2) is 54.7 Å². The van der Waals surface area contributed by atoms with Gasteiger partial charge >= 0.3 is 0 Å². The van der Waals surface area contributed by atoms with E-state index in [0.29, 0.717) is 16.1 Å². The molecule has 2 aromatic carbocycles. The number of halogens is 2. The highest BCUT2D eigenvalue weighted by Gasteiger charge is 2.21. The smallest absolute Gasteiger partial charge is 0.188 e. The van der Waals surface area contributed by atoms with Crippen molar-refractivity contribution in [1.29, 1.82) is 0 Å². The second kappa shape index (κ2) is 10.3. The average Bonchev–Trinajstić information content (AvgIpc) is 2.72. The molecule has 1 unspecified atom stereocenters. The monoisotopic (exact) mass is 454 g/mol. The van der Waals surface area contributed by atoms with Crippen LogP contribution >= 0.6 is 11.6 Å². The molecule has 6 heteroatoms. The average molecular weight is 455 g/mol. The maximum Gasteiger partial charge on any atom is 0.188 e. The number of carbonyl (C=O) groups excluding carboxylic acids is 1. The Balaban J connectivity index is 1.65. The van der Waals surface area contributed by atoms with Gasteiger partial charge in [0.25, 0.3) is 0 Å². The molecule has 1 fully saturated rings. The van der Waals surface area contributed by atoms with Gasteiger partial charge in [0.05, 0.1) is 0 Å². The van der Waals surface area contributed by atoms with Crippen LogP contribution < -0.4 is 0 Å². The van der Waals surface area contributed by atoms with Gasteiger partial charge in [-0.3, -0.25) is 9.69 Å². The van der Waals surface area contributed by atoms with Gasteiger partial charge in [-0.05, 0) is 56.7 Å². The second-order valence-electron chi connectivity index (χ2n) is 8.63. The largest absolute Gasteiger partial charge is 0.378 e. The van der Waals surface area contributed by atoms with Gasteiger partial charge in [0.2, 0.25) is 0 Å². The summed E-state index contributed by atoms with van der Waals surface area (Å²) >= 11 is 6.08. The SMILES string of the molecule is CC1CN(Cc2ccc(F)cc2)CCN1C=CC(=O)c1ccc(Cl)cc1C#CC(C)(C)O. The van der Waals surface area contributed by atoms with Gasteiger partial charge in [-0.25, -0.2) is 4.39 Å². The zero-order chi connectivity index (χ0) is 23.3. The summed E-state index contributed by atoms with van der Waals surface area (Å²) in [6, 6.07) is 11.8. The summed E-state index contributed by atoms with van der Waals surface area (Å²) in [7, 11) is 0. The van der Waals surface area contributed by atoms with E-state index in [1.54, 1.807) is 38.1 Å². The number of piperazine rings is 1. The molecule has 1 heterocycles. The molecule has 0 aromatic heterocycles. The van der Waals surface area contributed by atoms with Crippen molar-refractivity contribution in [3.63, 3.8) is 0 Å². The lowest BCUT2D eigenvalue weighted by Crippen LogP contribution is -2.49. The van der Waals surface area contributed by atoms with E-state index in [2.05, 4.69) is 28.6 Å². The van der Waals surface area contributed by atoms with E-state index >= 15 is 0 Å². The molecule has 32 heavy (non-hydrogen) atoms. The van der Waals surface area contributed by atoms with Crippen LogP contribution in [-0.4, -0.2) is 52.0 Å². The third-order valence-electron chi connectivity index (χ3n) is 5.25. The minimum atomic E-state index is -1.17. The molecule has 1 saturated heterocycles. The molecule has 0 bridgehead atoms. The quantitative estimate of drug-likeness (QED) is 0.410. The summed E-state index contributed by atoms with van der Waals surface area (Å²) < 4.78 is 13.1. The minimum Gasteiger partial charge on any atom is -0.378 e. The molecule has 1 aliphatic heterocycles. The Hall–Kier alpha value is -2.65. The maximum atomic E-state index is 13.1. The zero-order valence-electron chi connectivity index (χ0n) is 18.6. The van der Waals surface area contributed by atoms with Gasteiger partial charge in [-0.2, -0.15) is 0 Å². The predicted molar refractivity (Wildman–Crippen MR) is 126 cm³/mol. The van der Waals surface area contributed by atoms with Crippen LogP contribution in [0.25, 0.3) is 0 Å². The van der Waals surface area contributed by atoms with E-state index in [1.807, 2.05) is 18.3 Å². The van der Waals surface area contributed by atoms with Gasteiger partial charge in [-0.15, -0.1) is 0 Å². The Morgan fingerprint density at radius 2 is 1.97 bits per heavy atom. The fourth-order valence-electron chi connectivity index (χ4n) is 3.57. The zero-order valence-corrected chi connectivity index (χ0v) is 19.4. The highest BCUT2D eigenvalue weighted by molar-refractivity contribution is 6.30. The molecule has 168 valence electrons. The van der Waals surface area contributed by atoms with Crippen molar-refractivity contribution in [1.82, 2.24) is 9.80 Å². The van der Waals surface area contributed by atoms with Crippen molar-refractivity contribution in [2.45, 2.75) is 39.0 Å². The molecule has 4 nitrogen and oxygen atoms in total. The van der Waals surface area contributed by atoms with Crippen molar-refractivity contribution >= 4 is 17.4 Å². The Bertz CT molecular complexity index is 1050. The molecule has 1 atom stereocenters. The third-order valence-corrected chi connectivity index (χ3v) is 5.49. The molecule has 0 radical (unpaired) electrons. The molecule has 2 aromatic rings. The first-order valence-electron chi connectivity index (χ1n) is 10.6. The van der Waals surface area contributed by atoms with Crippen molar-refractivity contribution in [3.8, 4) is 11.8 Å². The van der Waals surface area contributed by atoms with E-state index in [9.17, 15) is 14.3 Å². The van der Waals surface area contributed by atoms with Crippen molar-refractivity contribution in [2.24, 2.45) is 0 Å². The fraction of sp³-hybridized carbons (Fsp3) is 0.346. The first-order valence-corrected chi connectivity index (χ1v) is 11.0. The molecular weight excluding hydrogens is 427 g/mol. The molecule has 0 saturated carbocycles. The Labute approximate surface area is 194 Å². The first kappa shape index (κ1) is 24.0. The summed E-state index contributed by atoms with van der Waals surface area (Å²) in [5.41, 5.74) is 0.859. The van der Waals surface area contributed by atoms with E-state index in [-0.39, 0.29) is 17.6 Å². The van der Waals surface area contributed by atoms with Gasteiger partial charge in [-0.1, -0.05) is 35.6 Å². The summed E-state index contributed by atoms with van der Waals surface area (Å²) in [4.78, 5) is 17.3. The Morgan fingerprint density at radius 1 is 1.25 bits per heavy atom. The predicted octanol–water partition coefficient (Wildman–Crippen LogP) is 4.50. The minimum absolute atomic E-state index is 0.164. The topological polar surface area (TPSA) is 43.8 Å². The molecule has 1 aliphatic rings. The lowest BCUT2D eigenvalue weighted by Gasteiger charge is -2.39. The molecule has 0 spiro atoms. The number of hydrogen-bond donors (Lipinski definition) is 1. The van der Waals surface area contributed by atoms with Crippen LogP contribution in [0.4, 0.5) is 4.39 Å². The number of ketones is 1. The highest BCUT2D eigenvalue weighted by atomic mass is 35.5. The van der Waals surface area contributed by atoms with E-state index in [1.165, 1.54) is 12.1 Å².